The first-order valence-electron chi connectivity index (χ1n) is 12.5. The maximum absolute atomic E-state index is 13.3. The van der Waals surface area contributed by atoms with Crippen LogP contribution in [-0.4, -0.2) is 77.9 Å². The Labute approximate surface area is 220 Å². The molecule has 3 aromatic rings. The number of H-pyrrole nitrogens is 1. The lowest BCUT2D eigenvalue weighted by Crippen LogP contribution is -2.55. The number of nitrogens with zero attached hydrogens (tertiary/aromatic N) is 3. The van der Waals surface area contributed by atoms with Crippen molar-refractivity contribution in [2.75, 3.05) is 34.2 Å². The summed E-state index contributed by atoms with van der Waals surface area (Å²) in [6.07, 6.45) is 3.49. The van der Waals surface area contributed by atoms with E-state index in [4.69, 9.17) is 11.6 Å². The van der Waals surface area contributed by atoms with Gasteiger partial charge in [0.2, 0.25) is 0 Å². The Hall–Kier alpha value is -2.46. The van der Waals surface area contributed by atoms with Gasteiger partial charge in [0.1, 0.15) is 5.69 Å². The van der Waals surface area contributed by atoms with E-state index in [-0.39, 0.29) is 23.9 Å². The van der Waals surface area contributed by atoms with Gasteiger partial charge in [-0.2, -0.15) is 0 Å². The van der Waals surface area contributed by atoms with E-state index < -0.39 is 0 Å². The number of hydrogen-bond acceptors (Lipinski definition) is 6. The van der Waals surface area contributed by atoms with Gasteiger partial charge in [0.25, 0.3) is 11.8 Å². The minimum Gasteiger partial charge on any atom is -0.351 e. The van der Waals surface area contributed by atoms with Crippen LogP contribution in [0, 0.1) is 5.92 Å². The number of aromatic amines is 1. The lowest BCUT2D eigenvalue weighted by atomic mass is 9.81. The van der Waals surface area contributed by atoms with Crippen molar-refractivity contribution < 1.29 is 9.59 Å². The molecule has 0 bridgehead atoms. The van der Waals surface area contributed by atoms with Crippen LogP contribution in [0.3, 0.4) is 0 Å². The molecule has 1 fully saturated rings. The van der Waals surface area contributed by atoms with Crippen LogP contribution < -0.4 is 10.6 Å². The number of carbonyl (C=O) groups is 2. The fourth-order valence-corrected chi connectivity index (χ4v) is 6.67. The van der Waals surface area contributed by atoms with Crippen molar-refractivity contribution in [3.8, 4) is 0 Å². The second kappa shape index (κ2) is 10.5. The minimum absolute atomic E-state index is 0.146. The second-order valence-corrected chi connectivity index (χ2v) is 11.9. The third-order valence-corrected chi connectivity index (χ3v) is 8.48. The minimum atomic E-state index is -0.176. The number of rotatable bonds is 6. The number of aromatic nitrogens is 2. The summed E-state index contributed by atoms with van der Waals surface area (Å²) >= 11 is 7.59. The topological polar surface area (TPSA) is 93.4 Å². The molecule has 2 aliphatic rings. The molecule has 1 saturated carbocycles. The lowest BCUT2D eigenvalue weighted by molar-refractivity contribution is 0.0834. The van der Waals surface area contributed by atoms with Gasteiger partial charge in [0.05, 0.1) is 5.69 Å². The second-order valence-electron chi connectivity index (χ2n) is 10.4. The molecule has 192 valence electrons. The highest BCUT2D eigenvalue weighted by Crippen LogP contribution is 2.28. The van der Waals surface area contributed by atoms with Crippen LogP contribution in [0.4, 0.5) is 0 Å². The van der Waals surface area contributed by atoms with Crippen LogP contribution in [0.25, 0.3) is 10.9 Å². The lowest BCUT2D eigenvalue weighted by Gasteiger charge is -2.37. The molecule has 0 spiro atoms. The molecule has 1 unspecified atom stereocenters. The van der Waals surface area contributed by atoms with Crippen molar-refractivity contribution in [3.63, 3.8) is 0 Å². The zero-order valence-electron chi connectivity index (χ0n) is 20.9. The average Bonchev–Trinajstić information content (AvgIpc) is 3.44. The van der Waals surface area contributed by atoms with E-state index in [9.17, 15) is 9.59 Å². The molecule has 36 heavy (non-hydrogen) atoms. The molecule has 0 radical (unpaired) electrons. The Morgan fingerprint density at radius 2 is 2.00 bits per heavy atom. The van der Waals surface area contributed by atoms with E-state index in [2.05, 4.69) is 51.5 Å². The first-order valence-corrected chi connectivity index (χ1v) is 13.7. The number of likely N-dealkylation sites (N-methyl/N-ethyl adjacent to an activating group) is 1. The summed E-state index contributed by atoms with van der Waals surface area (Å²) in [5.41, 5.74) is 2.40. The third-order valence-electron chi connectivity index (χ3n) is 7.16. The first kappa shape index (κ1) is 25.2. The number of carbonyl (C=O) groups excluding carboxylic acids is 2. The number of benzene rings is 1. The van der Waals surface area contributed by atoms with Crippen LogP contribution >= 0.6 is 22.9 Å². The maximum Gasteiger partial charge on any atom is 0.280 e. The van der Waals surface area contributed by atoms with Crippen LogP contribution in [-0.2, 0) is 13.0 Å². The normalized spacial score (nSPS) is 22.5. The number of thiazole rings is 1. The summed E-state index contributed by atoms with van der Waals surface area (Å²) in [5, 5.41) is 8.47. The zero-order valence-corrected chi connectivity index (χ0v) is 22.5. The van der Waals surface area contributed by atoms with Gasteiger partial charge in [-0.25, -0.2) is 4.98 Å². The van der Waals surface area contributed by atoms with E-state index in [1.54, 1.807) is 6.07 Å². The van der Waals surface area contributed by atoms with Crippen molar-refractivity contribution in [2.24, 2.45) is 5.92 Å². The van der Waals surface area contributed by atoms with Crippen molar-refractivity contribution >= 4 is 45.7 Å². The summed E-state index contributed by atoms with van der Waals surface area (Å²) in [5.74, 6) is 0.129. The van der Waals surface area contributed by atoms with Gasteiger partial charge in [-0.3, -0.25) is 9.59 Å². The summed E-state index contributed by atoms with van der Waals surface area (Å²) in [6, 6.07) is 7.01. The smallest absolute Gasteiger partial charge is 0.280 e. The monoisotopic (exact) mass is 528 g/mol. The van der Waals surface area contributed by atoms with Gasteiger partial charge in [-0.15, -0.1) is 11.3 Å². The van der Waals surface area contributed by atoms with E-state index in [1.165, 1.54) is 16.2 Å². The van der Waals surface area contributed by atoms with E-state index in [0.717, 1.165) is 61.9 Å². The van der Waals surface area contributed by atoms with Crippen LogP contribution in [0.5, 0.6) is 0 Å². The number of fused-ring (bicyclic) bond motifs is 2. The highest BCUT2D eigenvalue weighted by molar-refractivity contribution is 7.13. The molecular formula is C26H33ClN6O2S. The molecule has 10 heteroatoms. The number of nitrogens with one attached hydrogen (secondary N) is 3. The van der Waals surface area contributed by atoms with Gasteiger partial charge >= 0.3 is 0 Å². The maximum atomic E-state index is 13.3. The van der Waals surface area contributed by atoms with Crippen molar-refractivity contribution in [2.45, 2.75) is 44.3 Å². The third kappa shape index (κ3) is 5.59. The molecule has 2 amide bonds. The summed E-state index contributed by atoms with van der Waals surface area (Å²) < 4.78 is 0. The Morgan fingerprint density at radius 3 is 2.81 bits per heavy atom. The van der Waals surface area contributed by atoms with Gasteiger partial charge in [-0.05, 0) is 70.6 Å². The first-order chi connectivity index (χ1) is 17.2. The van der Waals surface area contributed by atoms with Gasteiger partial charge in [0, 0.05) is 58.9 Å². The summed E-state index contributed by atoms with van der Waals surface area (Å²) in [6.45, 7) is 2.75. The zero-order chi connectivity index (χ0) is 25.4. The molecule has 5 rings (SSSR count). The predicted octanol–water partition coefficient (Wildman–Crippen LogP) is 3.52. The average molecular weight is 529 g/mol. The Kier molecular flexibility index (Phi) is 7.35. The highest BCUT2D eigenvalue weighted by Gasteiger charge is 2.34. The SMILES string of the molecule is CN(C)CC1CC[C@H](NC(=O)c2cc3cc(Cl)ccc3[nH]2)[C@H](NC(=O)c2nc3c(s2)CN(C)CC3)C1. The van der Waals surface area contributed by atoms with E-state index in [0.29, 0.717) is 21.6 Å². The molecular weight excluding hydrogens is 496 g/mol. The Balaban J connectivity index is 1.31. The highest BCUT2D eigenvalue weighted by atomic mass is 35.5. The van der Waals surface area contributed by atoms with Crippen molar-refractivity contribution in [1.29, 1.82) is 0 Å². The Bertz CT molecular complexity index is 1270. The fourth-order valence-electron chi connectivity index (χ4n) is 5.39. The standard InChI is InChI=1S/C26H33ClN6O2S/c1-32(2)13-15-4-6-19(29-24(34)22-12-16-11-17(27)5-7-18(16)28-22)21(10-15)30-25(35)26-31-20-8-9-33(3)14-23(20)36-26/h5,7,11-12,15,19,21,28H,4,6,8-10,13-14H2,1-3H3,(H,29,34)(H,30,35)/t15?,19-,21+/m0/s1. The molecule has 3 heterocycles. The summed E-state index contributed by atoms with van der Waals surface area (Å²) in [4.78, 5) is 39.9. The van der Waals surface area contributed by atoms with Crippen molar-refractivity contribution in [3.05, 3.63) is 50.6 Å². The number of amides is 2. The molecule has 3 N–H and O–H groups in total. The van der Waals surface area contributed by atoms with Crippen molar-refractivity contribution in [1.82, 2.24) is 30.4 Å². The quantitative estimate of drug-likeness (QED) is 0.455. The molecule has 3 atom stereocenters. The Morgan fingerprint density at radius 1 is 1.19 bits per heavy atom. The number of hydrogen-bond donors (Lipinski definition) is 3. The van der Waals surface area contributed by atoms with E-state index in [1.807, 2.05) is 18.2 Å². The molecule has 1 aliphatic carbocycles. The van der Waals surface area contributed by atoms with Crippen LogP contribution in [0.15, 0.2) is 24.3 Å². The van der Waals surface area contributed by atoms with Gasteiger partial charge in [-0.1, -0.05) is 11.6 Å². The molecule has 0 saturated heterocycles. The predicted molar refractivity (Wildman–Crippen MR) is 144 cm³/mol. The van der Waals surface area contributed by atoms with Crippen LogP contribution in [0.2, 0.25) is 5.02 Å². The molecule has 8 nitrogen and oxygen atoms in total. The molecule has 1 aliphatic heterocycles. The van der Waals surface area contributed by atoms with Gasteiger partial charge in [0.15, 0.2) is 5.01 Å². The fraction of sp³-hybridized carbons (Fsp3) is 0.500. The van der Waals surface area contributed by atoms with E-state index >= 15 is 0 Å². The molecule has 1 aromatic carbocycles. The number of halogens is 1. The van der Waals surface area contributed by atoms with Gasteiger partial charge < -0.3 is 25.4 Å². The van der Waals surface area contributed by atoms with Crippen LogP contribution in [0.1, 0.15) is 50.1 Å². The largest absolute Gasteiger partial charge is 0.351 e. The molecule has 2 aromatic heterocycles. The summed E-state index contributed by atoms with van der Waals surface area (Å²) in [7, 11) is 6.23.